The van der Waals surface area contributed by atoms with Crippen LogP contribution in [-0.4, -0.2) is 24.9 Å². The van der Waals surface area contributed by atoms with Gasteiger partial charge in [0, 0.05) is 18.5 Å². The molecule has 2 aliphatic rings. The molecule has 0 bridgehead atoms. The van der Waals surface area contributed by atoms with Crippen molar-refractivity contribution < 1.29 is 9.84 Å². The Morgan fingerprint density at radius 1 is 1.17 bits per heavy atom. The largest absolute Gasteiger partial charge is 0.497 e. The van der Waals surface area contributed by atoms with Gasteiger partial charge in [0.05, 0.1) is 13.2 Å². The second kappa shape index (κ2) is 4.90. The molecule has 3 heteroatoms. The number of methoxy groups -OCH3 is 1. The normalized spacial score (nSPS) is 35.2. The Bertz CT molecular complexity index is 403. The number of aliphatic hydroxyl groups excluding tert-OH is 1. The highest BCUT2D eigenvalue weighted by Crippen LogP contribution is 2.42. The lowest BCUT2D eigenvalue weighted by Crippen LogP contribution is -2.31. The summed E-state index contributed by atoms with van der Waals surface area (Å²) in [5, 5.41) is 13.6. The van der Waals surface area contributed by atoms with E-state index in [1.165, 1.54) is 12.0 Å². The van der Waals surface area contributed by atoms with Crippen LogP contribution < -0.4 is 10.1 Å². The number of ether oxygens (including phenoxy) is 1. The zero-order valence-electron chi connectivity index (χ0n) is 10.8. The van der Waals surface area contributed by atoms with E-state index in [4.69, 9.17) is 4.74 Å². The molecule has 2 fully saturated rings. The first-order valence-corrected chi connectivity index (χ1v) is 6.85. The summed E-state index contributed by atoms with van der Waals surface area (Å²) in [7, 11) is 1.69. The van der Waals surface area contributed by atoms with Gasteiger partial charge in [-0.25, -0.2) is 0 Å². The van der Waals surface area contributed by atoms with Gasteiger partial charge in [0.2, 0.25) is 0 Å². The molecule has 1 aromatic rings. The van der Waals surface area contributed by atoms with Crippen LogP contribution in [-0.2, 0) is 0 Å². The van der Waals surface area contributed by atoms with E-state index in [0.29, 0.717) is 17.9 Å². The van der Waals surface area contributed by atoms with E-state index in [-0.39, 0.29) is 6.10 Å². The van der Waals surface area contributed by atoms with Gasteiger partial charge in [0.15, 0.2) is 0 Å². The lowest BCUT2D eigenvalue weighted by molar-refractivity contribution is 0.0500. The molecule has 1 saturated heterocycles. The molecule has 0 amide bonds. The zero-order valence-corrected chi connectivity index (χ0v) is 10.8. The van der Waals surface area contributed by atoms with Gasteiger partial charge in [-0.2, -0.15) is 0 Å². The molecule has 1 aliphatic heterocycles. The first-order chi connectivity index (χ1) is 8.79. The fourth-order valence-electron chi connectivity index (χ4n) is 3.57. The third-order valence-electron chi connectivity index (χ3n) is 4.56. The summed E-state index contributed by atoms with van der Waals surface area (Å²) < 4.78 is 5.20. The van der Waals surface area contributed by atoms with Gasteiger partial charge >= 0.3 is 0 Å². The van der Waals surface area contributed by atoms with E-state index in [1.807, 2.05) is 12.1 Å². The van der Waals surface area contributed by atoms with Crippen LogP contribution in [0.15, 0.2) is 24.3 Å². The van der Waals surface area contributed by atoms with Gasteiger partial charge in [-0.1, -0.05) is 18.6 Å². The first-order valence-electron chi connectivity index (χ1n) is 6.85. The van der Waals surface area contributed by atoms with Crippen molar-refractivity contribution in [3.63, 3.8) is 0 Å². The number of rotatable bonds is 2. The minimum atomic E-state index is -0.112. The molecule has 0 radical (unpaired) electrons. The molecule has 18 heavy (non-hydrogen) atoms. The van der Waals surface area contributed by atoms with E-state index >= 15 is 0 Å². The van der Waals surface area contributed by atoms with Crippen molar-refractivity contribution >= 4 is 0 Å². The highest BCUT2D eigenvalue weighted by Gasteiger charge is 2.42. The molecule has 3 nitrogen and oxygen atoms in total. The van der Waals surface area contributed by atoms with Crippen molar-refractivity contribution in [2.45, 2.75) is 31.4 Å². The molecule has 3 rings (SSSR count). The van der Waals surface area contributed by atoms with Crippen molar-refractivity contribution in [1.29, 1.82) is 0 Å². The predicted molar refractivity (Wildman–Crippen MR) is 70.6 cm³/mol. The fraction of sp³-hybridized carbons (Fsp3) is 0.600. The average Bonchev–Trinajstić information content (AvgIpc) is 2.84. The lowest BCUT2D eigenvalue weighted by atomic mass is 9.75. The molecule has 1 aliphatic carbocycles. The molecular weight excluding hydrogens is 226 g/mol. The summed E-state index contributed by atoms with van der Waals surface area (Å²) in [5.74, 6) is 1.92. The number of aliphatic hydroxyl groups is 1. The summed E-state index contributed by atoms with van der Waals surface area (Å²) in [6.45, 7) is 0.947. The monoisotopic (exact) mass is 247 g/mol. The molecule has 1 saturated carbocycles. The van der Waals surface area contributed by atoms with Gasteiger partial charge in [-0.05, 0) is 36.5 Å². The Morgan fingerprint density at radius 2 is 1.94 bits per heavy atom. The Kier molecular flexibility index (Phi) is 3.27. The molecule has 0 aromatic heterocycles. The number of hydrogen-bond donors (Lipinski definition) is 2. The zero-order chi connectivity index (χ0) is 12.5. The molecular formula is C15H21NO2. The van der Waals surface area contributed by atoms with Crippen molar-refractivity contribution in [1.82, 2.24) is 5.32 Å². The summed E-state index contributed by atoms with van der Waals surface area (Å²) in [4.78, 5) is 0. The third-order valence-corrected chi connectivity index (χ3v) is 4.56. The number of fused-ring (bicyclic) bond motifs is 1. The van der Waals surface area contributed by atoms with Crippen LogP contribution in [0.4, 0.5) is 0 Å². The molecule has 0 spiro atoms. The van der Waals surface area contributed by atoms with Crippen LogP contribution in [0, 0.1) is 11.8 Å². The standard InChI is InChI=1S/C15H21NO2/c1-18-11-7-5-10(6-8-11)15-12-3-2-4-14(17)13(12)9-16-15/h5-8,12-17H,2-4,9H2,1H3. The van der Waals surface area contributed by atoms with Crippen LogP contribution in [0.25, 0.3) is 0 Å². The first kappa shape index (κ1) is 12.0. The van der Waals surface area contributed by atoms with Crippen LogP contribution in [0.5, 0.6) is 5.75 Å². The summed E-state index contributed by atoms with van der Waals surface area (Å²) in [5.41, 5.74) is 1.32. The van der Waals surface area contributed by atoms with Gasteiger partial charge in [-0.3, -0.25) is 0 Å². The van der Waals surface area contributed by atoms with Gasteiger partial charge in [0.1, 0.15) is 5.75 Å². The van der Waals surface area contributed by atoms with Gasteiger partial charge < -0.3 is 15.2 Å². The van der Waals surface area contributed by atoms with Gasteiger partial charge in [-0.15, -0.1) is 0 Å². The van der Waals surface area contributed by atoms with Crippen molar-refractivity contribution in [2.24, 2.45) is 11.8 Å². The van der Waals surface area contributed by atoms with Crippen LogP contribution in [0.2, 0.25) is 0 Å². The molecule has 4 atom stereocenters. The molecule has 1 aromatic carbocycles. The topological polar surface area (TPSA) is 41.5 Å². The summed E-state index contributed by atoms with van der Waals surface area (Å²) >= 11 is 0. The molecule has 1 heterocycles. The average molecular weight is 247 g/mol. The van der Waals surface area contributed by atoms with Crippen LogP contribution in [0.3, 0.4) is 0 Å². The fourth-order valence-corrected chi connectivity index (χ4v) is 3.57. The van der Waals surface area contributed by atoms with E-state index in [1.54, 1.807) is 7.11 Å². The van der Waals surface area contributed by atoms with E-state index in [2.05, 4.69) is 17.4 Å². The minimum Gasteiger partial charge on any atom is -0.497 e. The Balaban J connectivity index is 1.79. The Labute approximate surface area is 108 Å². The molecule has 2 N–H and O–H groups in total. The van der Waals surface area contributed by atoms with E-state index in [9.17, 15) is 5.11 Å². The van der Waals surface area contributed by atoms with E-state index < -0.39 is 0 Å². The quantitative estimate of drug-likeness (QED) is 0.841. The van der Waals surface area contributed by atoms with E-state index in [0.717, 1.165) is 25.1 Å². The van der Waals surface area contributed by atoms with Crippen molar-refractivity contribution in [2.75, 3.05) is 13.7 Å². The number of benzene rings is 1. The van der Waals surface area contributed by atoms with Crippen LogP contribution in [0.1, 0.15) is 30.9 Å². The van der Waals surface area contributed by atoms with Crippen molar-refractivity contribution in [3.05, 3.63) is 29.8 Å². The second-order valence-electron chi connectivity index (χ2n) is 5.49. The highest BCUT2D eigenvalue weighted by atomic mass is 16.5. The minimum absolute atomic E-state index is 0.112. The molecule has 4 unspecified atom stereocenters. The predicted octanol–water partition coefficient (Wildman–Crippen LogP) is 2.12. The SMILES string of the molecule is COc1ccc(C2NCC3C(O)CCCC23)cc1. The molecule has 98 valence electrons. The van der Waals surface area contributed by atoms with Crippen molar-refractivity contribution in [3.8, 4) is 5.75 Å². The lowest BCUT2D eigenvalue weighted by Gasteiger charge is -2.32. The Morgan fingerprint density at radius 3 is 2.67 bits per heavy atom. The Hall–Kier alpha value is -1.06. The maximum atomic E-state index is 10.1. The van der Waals surface area contributed by atoms with Crippen LogP contribution >= 0.6 is 0 Å². The maximum Gasteiger partial charge on any atom is 0.118 e. The summed E-state index contributed by atoms with van der Waals surface area (Å²) in [6, 6.07) is 8.71. The smallest absolute Gasteiger partial charge is 0.118 e. The third kappa shape index (κ3) is 2.02. The number of nitrogens with one attached hydrogen (secondary N) is 1. The second-order valence-corrected chi connectivity index (χ2v) is 5.49. The summed E-state index contributed by atoms with van der Waals surface area (Å²) in [6.07, 6.45) is 3.24. The maximum absolute atomic E-state index is 10.1. The highest BCUT2D eigenvalue weighted by molar-refractivity contribution is 5.30. The number of hydrogen-bond acceptors (Lipinski definition) is 3. The van der Waals surface area contributed by atoms with Gasteiger partial charge in [0.25, 0.3) is 0 Å².